The highest BCUT2D eigenvalue weighted by Crippen LogP contribution is 2.47. The normalized spacial score (nSPS) is 17.8. The molecular weight excluding hydrogens is 729 g/mol. The van der Waals surface area contributed by atoms with Crippen LogP contribution in [0.4, 0.5) is 35.9 Å². The average Bonchev–Trinajstić information content (AvgIpc) is 3.66. The van der Waals surface area contributed by atoms with Crippen LogP contribution in [0.1, 0.15) is 52.2 Å². The maximum absolute atomic E-state index is 13.9. The van der Waals surface area contributed by atoms with Gasteiger partial charge in [-0.25, -0.2) is 0 Å². The molecule has 0 saturated heterocycles. The minimum Gasteiger partial charge on any atom is -0.507 e. The lowest BCUT2D eigenvalue weighted by Crippen LogP contribution is -2.40. The molecule has 0 bridgehead atoms. The summed E-state index contributed by atoms with van der Waals surface area (Å²) in [5, 5.41) is 23.8. The number of hydrogen-bond donors (Lipinski definition) is 3. The predicted molar refractivity (Wildman–Crippen MR) is 198 cm³/mol. The number of amides is 3. The van der Waals surface area contributed by atoms with E-state index >= 15 is 0 Å². The molecule has 3 amide bonds. The number of carbonyl (C=O) groups excluding carboxylic acids is 3. The van der Waals surface area contributed by atoms with Crippen LogP contribution in [0.2, 0.25) is 0 Å². The Balaban J connectivity index is 1.01. The molecule has 4 aromatic carbocycles. The molecule has 3 aliphatic heterocycles. The highest BCUT2D eigenvalue weighted by molar-refractivity contribution is 6.19. The SMILES string of the molecule is COc1cc2c(cc1OCCCCC(=O)N1C[C@@H](CCl)c3c1cc(O)c1cccc(C)c31)N=C[C@@H]1Cc3ccc(NC(=O)[C@H](O)C(F)(F)F)cc3N1C2=O. The number of aliphatic imine (C=N–C) groups is 1. The quantitative estimate of drug-likeness (QED) is 0.118. The Morgan fingerprint density at radius 1 is 1.09 bits per heavy atom. The smallest absolute Gasteiger partial charge is 0.423 e. The van der Waals surface area contributed by atoms with E-state index in [1.807, 2.05) is 25.1 Å². The lowest BCUT2D eigenvalue weighted by Gasteiger charge is -2.22. The predicted octanol–water partition coefficient (Wildman–Crippen LogP) is 6.93. The summed E-state index contributed by atoms with van der Waals surface area (Å²) in [6.07, 6.45) is -5.06. The minimum atomic E-state index is -5.13. The van der Waals surface area contributed by atoms with E-state index in [2.05, 4.69) is 10.3 Å². The number of ether oxygens (including phenoxy) is 2. The molecular formula is C39H36ClF3N4O7. The Morgan fingerprint density at radius 2 is 1.89 bits per heavy atom. The number of unbranched alkanes of at least 4 members (excludes halogenated alkanes) is 1. The van der Waals surface area contributed by atoms with Gasteiger partial charge in [0.25, 0.3) is 11.8 Å². The van der Waals surface area contributed by atoms with E-state index in [1.165, 1.54) is 30.2 Å². The number of anilines is 3. The molecule has 7 rings (SSSR count). The number of fused-ring (bicyclic) bond motifs is 7. The summed E-state index contributed by atoms with van der Waals surface area (Å²) >= 11 is 6.37. The van der Waals surface area contributed by atoms with Crippen LogP contribution in [-0.4, -0.2) is 78.6 Å². The van der Waals surface area contributed by atoms with Gasteiger partial charge in [-0.1, -0.05) is 24.3 Å². The van der Waals surface area contributed by atoms with E-state index in [-0.39, 0.29) is 47.6 Å². The summed E-state index contributed by atoms with van der Waals surface area (Å²) < 4.78 is 50.2. The molecule has 282 valence electrons. The Hall–Kier alpha value is -5.34. The largest absolute Gasteiger partial charge is 0.507 e. The van der Waals surface area contributed by atoms with Crippen molar-refractivity contribution < 1.29 is 47.2 Å². The van der Waals surface area contributed by atoms with Gasteiger partial charge in [-0.05, 0) is 60.0 Å². The van der Waals surface area contributed by atoms with Crippen molar-refractivity contribution in [3.63, 3.8) is 0 Å². The van der Waals surface area contributed by atoms with Crippen molar-refractivity contribution >= 4 is 69.1 Å². The van der Waals surface area contributed by atoms with Crippen LogP contribution in [0.3, 0.4) is 0 Å². The number of aliphatic hydroxyl groups excluding tert-OH is 1. The number of aryl methyl sites for hydroxylation is 1. The third-order valence-electron chi connectivity index (χ3n) is 10.0. The van der Waals surface area contributed by atoms with Crippen molar-refractivity contribution in [2.45, 2.75) is 56.8 Å². The molecule has 3 atom stereocenters. The molecule has 0 saturated carbocycles. The maximum Gasteiger partial charge on any atom is 0.423 e. The van der Waals surface area contributed by atoms with Crippen LogP contribution in [-0.2, 0) is 16.0 Å². The fourth-order valence-corrected chi connectivity index (χ4v) is 7.68. The number of benzene rings is 4. The second-order valence-corrected chi connectivity index (χ2v) is 13.8. The van der Waals surface area contributed by atoms with Crippen molar-refractivity contribution in [1.29, 1.82) is 0 Å². The highest BCUT2D eigenvalue weighted by Gasteiger charge is 2.44. The zero-order valence-electron chi connectivity index (χ0n) is 29.2. The van der Waals surface area contributed by atoms with E-state index in [4.69, 9.17) is 21.1 Å². The second kappa shape index (κ2) is 14.5. The first-order valence-corrected chi connectivity index (χ1v) is 17.9. The third kappa shape index (κ3) is 6.68. The summed E-state index contributed by atoms with van der Waals surface area (Å²) in [5.74, 6) is -1.15. The minimum absolute atomic E-state index is 0.0207. The summed E-state index contributed by atoms with van der Waals surface area (Å²) in [6, 6.07) is 14.4. The topological polar surface area (TPSA) is 141 Å². The number of nitrogens with one attached hydrogen (secondary N) is 1. The number of nitrogens with zero attached hydrogens (tertiary/aromatic N) is 3. The van der Waals surface area contributed by atoms with E-state index in [0.29, 0.717) is 54.5 Å². The number of hydrogen-bond acceptors (Lipinski definition) is 8. The van der Waals surface area contributed by atoms with Gasteiger partial charge >= 0.3 is 6.18 Å². The van der Waals surface area contributed by atoms with Crippen molar-refractivity contribution in [3.05, 3.63) is 76.9 Å². The number of carbonyl (C=O) groups is 3. The number of alkyl halides is 4. The summed E-state index contributed by atoms with van der Waals surface area (Å²) in [4.78, 5) is 47.1. The van der Waals surface area contributed by atoms with E-state index in [0.717, 1.165) is 27.5 Å². The Morgan fingerprint density at radius 3 is 2.63 bits per heavy atom. The standard InChI is InChI=1S/C39H36ClF3N4O7/c1-20-6-5-7-25-30(48)16-29-35(34(20)25)22(17-40)19-46(29)33(49)8-3-4-11-54-32-15-27-26(14-31(32)53-2)38(52)47-24(18-44-27)12-21-9-10-23(13-28(21)47)45-37(51)36(50)39(41,42)43/h5-7,9-10,13-16,18,22,24,36,48,50H,3-4,8,11-12,17,19H2,1-2H3,(H,45,51)/t22-,24+,36+/m1/s1. The van der Waals surface area contributed by atoms with Crippen LogP contribution in [0, 0.1) is 6.92 Å². The molecule has 3 heterocycles. The average molecular weight is 765 g/mol. The molecule has 54 heavy (non-hydrogen) atoms. The number of aromatic hydroxyl groups is 1. The number of phenols is 1. The van der Waals surface area contributed by atoms with E-state index in [9.17, 15) is 37.8 Å². The third-order valence-corrected chi connectivity index (χ3v) is 10.4. The van der Waals surface area contributed by atoms with Gasteiger partial charge in [-0.3, -0.25) is 24.3 Å². The van der Waals surface area contributed by atoms with Crippen LogP contribution >= 0.6 is 11.6 Å². The summed E-state index contributed by atoms with van der Waals surface area (Å²) in [5.41, 5.74) is 4.28. The monoisotopic (exact) mass is 764 g/mol. The van der Waals surface area contributed by atoms with Crippen molar-refractivity contribution in [3.8, 4) is 17.2 Å². The molecule has 3 aliphatic rings. The number of methoxy groups -OCH3 is 1. The van der Waals surface area contributed by atoms with Crippen molar-refractivity contribution in [1.82, 2.24) is 0 Å². The molecule has 11 nitrogen and oxygen atoms in total. The molecule has 0 unspecified atom stereocenters. The summed E-state index contributed by atoms with van der Waals surface area (Å²) in [7, 11) is 1.43. The lowest BCUT2D eigenvalue weighted by atomic mass is 9.92. The molecule has 0 aromatic heterocycles. The van der Waals surface area contributed by atoms with Gasteiger partial charge in [0.15, 0.2) is 11.5 Å². The molecule has 4 aromatic rings. The molecule has 0 radical (unpaired) electrons. The number of aliphatic hydroxyl groups is 1. The van der Waals surface area contributed by atoms with Gasteiger partial charge in [0.05, 0.1) is 42.4 Å². The van der Waals surface area contributed by atoms with Crippen LogP contribution in [0.25, 0.3) is 10.8 Å². The first-order valence-electron chi connectivity index (χ1n) is 17.3. The first-order chi connectivity index (χ1) is 25.8. The Labute approximate surface area is 312 Å². The Bertz CT molecular complexity index is 2210. The van der Waals surface area contributed by atoms with Crippen LogP contribution < -0.4 is 24.6 Å². The van der Waals surface area contributed by atoms with E-state index < -0.39 is 30.1 Å². The van der Waals surface area contributed by atoms with Gasteiger partial charge in [-0.15, -0.1) is 11.6 Å². The van der Waals surface area contributed by atoms with Crippen LogP contribution in [0.15, 0.2) is 59.6 Å². The molecule has 0 fully saturated rings. The van der Waals surface area contributed by atoms with Gasteiger partial charge in [-0.2, -0.15) is 13.2 Å². The molecule has 0 aliphatic carbocycles. The number of halogens is 4. The lowest BCUT2D eigenvalue weighted by molar-refractivity contribution is -0.202. The second-order valence-electron chi connectivity index (χ2n) is 13.5. The zero-order chi connectivity index (χ0) is 38.5. The molecule has 15 heteroatoms. The van der Waals surface area contributed by atoms with Gasteiger partial charge in [0.2, 0.25) is 12.0 Å². The number of rotatable bonds is 10. The first kappa shape index (κ1) is 37.0. The number of phenolic OH excluding ortho intramolecular Hbond substituents is 1. The fraction of sp³-hybridized carbons (Fsp3) is 0.333. The van der Waals surface area contributed by atoms with E-state index in [1.54, 1.807) is 29.3 Å². The molecule has 3 N–H and O–H groups in total. The van der Waals surface area contributed by atoms with Gasteiger partial charge in [0, 0.05) is 60.6 Å². The zero-order valence-corrected chi connectivity index (χ0v) is 30.0. The summed E-state index contributed by atoms with van der Waals surface area (Å²) in [6.45, 7) is 2.65. The van der Waals surface area contributed by atoms with Crippen LogP contribution in [0.5, 0.6) is 17.2 Å². The fourth-order valence-electron chi connectivity index (χ4n) is 7.42. The van der Waals surface area contributed by atoms with Gasteiger partial charge < -0.3 is 29.9 Å². The van der Waals surface area contributed by atoms with Crippen molar-refractivity contribution in [2.75, 3.05) is 41.3 Å². The maximum atomic E-state index is 13.9. The molecule has 0 spiro atoms. The highest BCUT2D eigenvalue weighted by atomic mass is 35.5. The Kier molecular flexibility index (Phi) is 9.92. The van der Waals surface area contributed by atoms with Gasteiger partial charge in [0.1, 0.15) is 5.75 Å². The van der Waals surface area contributed by atoms with Crippen molar-refractivity contribution in [2.24, 2.45) is 4.99 Å².